The quantitative estimate of drug-likeness (QED) is 0.327. The number of nitrogens with one attached hydrogen (secondary N) is 1. The van der Waals surface area contributed by atoms with Crippen molar-refractivity contribution in [1.29, 1.82) is 0 Å². The predicted octanol–water partition coefficient (Wildman–Crippen LogP) is 6.33. The second-order valence-corrected chi connectivity index (χ2v) is 11.8. The maximum atomic E-state index is 14.5. The second kappa shape index (κ2) is 12.3. The van der Waals surface area contributed by atoms with Crippen LogP contribution in [0.2, 0.25) is 0 Å². The standard InChI is InChI=1S/C30H34BrF2N3O5/c1-18(37)34-14-12-19-8-6-7-9-21(19)27-25(31)26(35-41-27)22-17-36(28(38)40-29(2,3)4)15-13-30(22,39-5)20-10-11-23(32)24(33)16-20/h6-11,16,22H,12-15,17H2,1-5H3,(H,34,37)/t22-,30+/m1/s1. The summed E-state index contributed by atoms with van der Waals surface area (Å²) in [5.41, 5.74) is 0.720. The Morgan fingerprint density at radius 3 is 2.59 bits per heavy atom. The van der Waals surface area contributed by atoms with E-state index in [0.29, 0.717) is 34.5 Å². The third kappa shape index (κ3) is 6.62. The highest BCUT2D eigenvalue weighted by Gasteiger charge is 2.50. The summed E-state index contributed by atoms with van der Waals surface area (Å²) in [6, 6.07) is 11.3. The van der Waals surface area contributed by atoms with E-state index in [1.54, 1.807) is 25.7 Å². The Hall–Kier alpha value is -3.31. The van der Waals surface area contributed by atoms with E-state index in [-0.39, 0.29) is 25.4 Å². The van der Waals surface area contributed by atoms with Crippen LogP contribution in [0, 0.1) is 11.6 Å². The molecule has 1 aromatic heterocycles. The fraction of sp³-hybridized carbons (Fsp3) is 0.433. The van der Waals surface area contributed by atoms with Gasteiger partial charge in [0.05, 0.1) is 10.4 Å². The molecule has 0 saturated carbocycles. The Bertz CT molecular complexity index is 1420. The molecule has 2 amide bonds. The van der Waals surface area contributed by atoms with Gasteiger partial charge in [-0.3, -0.25) is 4.79 Å². The molecule has 1 aliphatic heterocycles. The van der Waals surface area contributed by atoms with Gasteiger partial charge in [-0.15, -0.1) is 0 Å². The number of hydrogen-bond donors (Lipinski definition) is 1. The van der Waals surface area contributed by atoms with Crippen LogP contribution in [0.3, 0.4) is 0 Å². The molecule has 2 aromatic carbocycles. The van der Waals surface area contributed by atoms with E-state index in [0.717, 1.165) is 23.3 Å². The molecule has 0 radical (unpaired) electrons. The Kier molecular flexibility index (Phi) is 9.18. The first-order chi connectivity index (χ1) is 19.4. The molecule has 3 aromatic rings. The number of amides is 2. The Labute approximate surface area is 246 Å². The van der Waals surface area contributed by atoms with Crippen molar-refractivity contribution in [3.05, 3.63) is 75.4 Å². The van der Waals surface area contributed by atoms with Crippen LogP contribution in [0.5, 0.6) is 0 Å². The molecule has 1 fully saturated rings. The fourth-order valence-corrected chi connectivity index (χ4v) is 5.84. The lowest BCUT2D eigenvalue weighted by molar-refractivity contribution is -0.118. The van der Waals surface area contributed by atoms with Crippen LogP contribution in [0.15, 0.2) is 51.5 Å². The zero-order valence-electron chi connectivity index (χ0n) is 23.7. The highest BCUT2D eigenvalue weighted by Crippen LogP contribution is 2.49. The van der Waals surface area contributed by atoms with Crippen LogP contribution < -0.4 is 5.32 Å². The molecule has 1 N–H and O–H groups in total. The number of ether oxygens (including phenoxy) is 2. The van der Waals surface area contributed by atoms with Crippen molar-refractivity contribution in [3.63, 3.8) is 0 Å². The highest BCUT2D eigenvalue weighted by molar-refractivity contribution is 9.10. The maximum Gasteiger partial charge on any atom is 0.410 e. The molecule has 4 rings (SSSR count). The zero-order valence-corrected chi connectivity index (χ0v) is 25.3. The first-order valence-corrected chi connectivity index (χ1v) is 14.1. The monoisotopic (exact) mass is 633 g/mol. The van der Waals surface area contributed by atoms with E-state index in [9.17, 15) is 18.4 Å². The summed E-state index contributed by atoms with van der Waals surface area (Å²) in [6.07, 6.45) is 0.325. The van der Waals surface area contributed by atoms with Gasteiger partial charge in [0, 0.05) is 39.2 Å². The summed E-state index contributed by atoms with van der Waals surface area (Å²) in [4.78, 5) is 26.0. The molecule has 1 aliphatic rings. The number of carbonyl (C=O) groups is 2. The molecule has 0 spiro atoms. The van der Waals surface area contributed by atoms with Crippen molar-refractivity contribution in [2.75, 3.05) is 26.7 Å². The first kappa shape index (κ1) is 30.6. The predicted molar refractivity (Wildman–Crippen MR) is 152 cm³/mol. The van der Waals surface area contributed by atoms with Crippen molar-refractivity contribution < 1.29 is 32.4 Å². The van der Waals surface area contributed by atoms with Gasteiger partial charge >= 0.3 is 6.09 Å². The number of carbonyl (C=O) groups excluding carboxylic acids is 2. The van der Waals surface area contributed by atoms with Gasteiger partial charge in [-0.25, -0.2) is 13.6 Å². The summed E-state index contributed by atoms with van der Waals surface area (Å²) in [5, 5.41) is 7.22. The summed E-state index contributed by atoms with van der Waals surface area (Å²) in [5.74, 6) is -2.27. The highest BCUT2D eigenvalue weighted by atomic mass is 79.9. The number of aromatic nitrogens is 1. The molecule has 2 atom stereocenters. The van der Waals surface area contributed by atoms with E-state index in [2.05, 4.69) is 26.4 Å². The van der Waals surface area contributed by atoms with Crippen molar-refractivity contribution in [3.8, 4) is 11.3 Å². The van der Waals surface area contributed by atoms with Gasteiger partial charge in [-0.1, -0.05) is 35.5 Å². The van der Waals surface area contributed by atoms with E-state index >= 15 is 0 Å². The zero-order chi connectivity index (χ0) is 29.9. The fourth-order valence-electron chi connectivity index (χ4n) is 5.21. The second-order valence-electron chi connectivity index (χ2n) is 11.1. The summed E-state index contributed by atoms with van der Waals surface area (Å²) in [7, 11) is 1.50. The lowest BCUT2D eigenvalue weighted by Gasteiger charge is -2.46. The Morgan fingerprint density at radius 1 is 1.20 bits per heavy atom. The van der Waals surface area contributed by atoms with E-state index in [1.165, 1.54) is 20.1 Å². The minimum Gasteiger partial charge on any atom is -0.444 e. The van der Waals surface area contributed by atoms with E-state index in [4.69, 9.17) is 14.0 Å². The number of hydrogen-bond acceptors (Lipinski definition) is 6. The maximum absolute atomic E-state index is 14.5. The van der Waals surface area contributed by atoms with Gasteiger partial charge in [0.1, 0.15) is 16.9 Å². The summed E-state index contributed by atoms with van der Waals surface area (Å²) >= 11 is 3.68. The van der Waals surface area contributed by atoms with Gasteiger partial charge in [0.2, 0.25) is 5.91 Å². The van der Waals surface area contributed by atoms with E-state index < -0.39 is 34.8 Å². The molecule has 0 bridgehead atoms. The number of nitrogens with zero attached hydrogens (tertiary/aromatic N) is 2. The Morgan fingerprint density at radius 2 is 1.93 bits per heavy atom. The number of piperidine rings is 1. The van der Waals surface area contributed by atoms with Crippen LogP contribution in [0.25, 0.3) is 11.3 Å². The van der Waals surface area contributed by atoms with Crippen molar-refractivity contribution in [2.45, 2.75) is 57.7 Å². The van der Waals surface area contributed by atoms with Crippen LogP contribution in [0.1, 0.15) is 56.9 Å². The number of methoxy groups -OCH3 is 1. The largest absolute Gasteiger partial charge is 0.444 e. The topological polar surface area (TPSA) is 93.9 Å². The minimum absolute atomic E-state index is 0.120. The van der Waals surface area contributed by atoms with Gasteiger partial charge in [0.15, 0.2) is 17.4 Å². The molecule has 11 heteroatoms. The van der Waals surface area contributed by atoms with E-state index in [1.807, 2.05) is 24.3 Å². The third-order valence-electron chi connectivity index (χ3n) is 7.16. The molecule has 0 aliphatic carbocycles. The molecule has 0 unspecified atom stereocenters. The average molecular weight is 635 g/mol. The Balaban J connectivity index is 1.78. The number of benzene rings is 2. The number of rotatable bonds is 7. The molecule has 41 heavy (non-hydrogen) atoms. The van der Waals surface area contributed by atoms with Crippen LogP contribution in [-0.4, -0.2) is 54.4 Å². The molecular weight excluding hydrogens is 600 g/mol. The van der Waals surface area contributed by atoms with Crippen LogP contribution >= 0.6 is 15.9 Å². The SMILES string of the molecule is CO[C@]1(c2ccc(F)c(F)c2)CCN(C(=O)OC(C)(C)C)C[C@@H]1c1noc(-c2ccccc2CCNC(C)=O)c1Br. The molecular formula is C30H34BrF2N3O5. The van der Waals surface area contributed by atoms with Crippen molar-refractivity contribution >= 4 is 27.9 Å². The van der Waals surface area contributed by atoms with Gasteiger partial charge in [0.25, 0.3) is 0 Å². The summed E-state index contributed by atoms with van der Waals surface area (Å²) in [6.45, 7) is 7.65. The van der Waals surface area contributed by atoms with Gasteiger partial charge < -0.3 is 24.2 Å². The third-order valence-corrected chi connectivity index (χ3v) is 7.93. The smallest absolute Gasteiger partial charge is 0.410 e. The molecule has 1 saturated heterocycles. The van der Waals surface area contributed by atoms with Gasteiger partial charge in [-0.05, 0) is 72.8 Å². The van der Waals surface area contributed by atoms with Crippen LogP contribution in [-0.2, 0) is 26.3 Å². The minimum atomic E-state index is -1.16. The summed E-state index contributed by atoms with van der Waals surface area (Å²) < 4.78 is 46.6. The number of halogens is 3. The van der Waals surface area contributed by atoms with Gasteiger partial charge in [-0.2, -0.15) is 0 Å². The first-order valence-electron chi connectivity index (χ1n) is 13.3. The average Bonchev–Trinajstić information content (AvgIpc) is 3.29. The van der Waals surface area contributed by atoms with Crippen LogP contribution in [0.4, 0.5) is 13.6 Å². The number of likely N-dealkylation sites (tertiary alicyclic amines) is 1. The molecule has 220 valence electrons. The molecule has 8 nitrogen and oxygen atoms in total. The normalized spacial score (nSPS) is 19.2. The lowest BCUT2D eigenvalue weighted by Crippen LogP contribution is -2.52. The molecule has 2 heterocycles. The lowest BCUT2D eigenvalue weighted by atomic mass is 9.74. The van der Waals surface area contributed by atoms with Crippen molar-refractivity contribution in [2.24, 2.45) is 0 Å². The van der Waals surface area contributed by atoms with Crippen molar-refractivity contribution in [1.82, 2.24) is 15.4 Å².